The Balaban J connectivity index is 2.02. The van der Waals surface area contributed by atoms with Crippen LogP contribution in [0, 0.1) is 6.92 Å². The molecule has 4 nitrogen and oxygen atoms in total. The molecule has 0 bridgehead atoms. The van der Waals surface area contributed by atoms with Gasteiger partial charge in [0.25, 0.3) is 5.22 Å². The lowest BCUT2D eigenvalue weighted by atomic mass is 10.2. The molecular formula is C13H16BrN3OS. The van der Waals surface area contributed by atoms with Crippen molar-refractivity contribution in [3.8, 4) is 0 Å². The molecule has 0 spiro atoms. The Kier molecular flexibility index (Phi) is 5.42. The van der Waals surface area contributed by atoms with Crippen molar-refractivity contribution in [1.82, 2.24) is 15.5 Å². The Hall–Kier alpha value is -0.850. The van der Waals surface area contributed by atoms with Gasteiger partial charge in [0.15, 0.2) is 0 Å². The highest BCUT2D eigenvalue weighted by molar-refractivity contribution is 9.10. The monoisotopic (exact) mass is 341 g/mol. The van der Waals surface area contributed by atoms with E-state index in [9.17, 15) is 0 Å². The molecule has 1 aromatic carbocycles. The molecule has 0 atom stereocenters. The van der Waals surface area contributed by atoms with Crippen molar-refractivity contribution >= 4 is 27.7 Å². The van der Waals surface area contributed by atoms with Crippen LogP contribution in [0.1, 0.15) is 24.8 Å². The molecule has 1 heterocycles. The van der Waals surface area contributed by atoms with Gasteiger partial charge in [-0.1, -0.05) is 13.0 Å². The highest BCUT2D eigenvalue weighted by Gasteiger charge is 2.08. The van der Waals surface area contributed by atoms with Crippen molar-refractivity contribution in [3.05, 3.63) is 34.1 Å². The molecule has 2 rings (SSSR count). The van der Waals surface area contributed by atoms with Gasteiger partial charge in [-0.05, 0) is 58.4 Å². The Bertz CT molecular complexity index is 544. The fourth-order valence-corrected chi connectivity index (χ4v) is 2.95. The molecule has 0 fully saturated rings. The first-order valence-corrected chi connectivity index (χ1v) is 7.77. The van der Waals surface area contributed by atoms with E-state index in [1.807, 2.05) is 0 Å². The van der Waals surface area contributed by atoms with E-state index in [-0.39, 0.29) is 0 Å². The summed E-state index contributed by atoms with van der Waals surface area (Å²) in [6.45, 7) is 5.87. The van der Waals surface area contributed by atoms with Crippen LogP contribution in [0.2, 0.25) is 0 Å². The third-order valence-electron chi connectivity index (χ3n) is 2.46. The summed E-state index contributed by atoms with van der Waals surface area (Å²) < 4.78 is 6.41. The third kappa shape index (κ3) is 4.33. The lowest BCUT2D eigenvalue weighted by Crippen LogP contribution is -2.13. The predicted octanol–water partition coefficient (Wildman–Crippen LogP) is 3.79. The smallest absolute Gasteiger partial charge is 0.281 e. The molecule has 0 unspecified atom stereocenters. The van der Waals surface area contributed by atoms with Crippen LogP contribution in [-0.4, -0.2) is 16.7 Å². The summed E-state index contributed by atoms with van der Waals surface area (Å²) in [6, 6.07) is 6.30. The average molecular weight is 342 g/mol. The second-order valence-corrected chi connectivity index (χ2v) is 5.98. The number of aromatic nitrogens is 2. The van der Waals surface area contributed by atoms with Crippen LogP contribution in [0.25, 0.3) is 0 Å². The first-order chi connectivity index (χ1) is 9.19. The van der Waals surface area contributed by atoms with Gasteiger partial charge >= 0.3 is 0 Å². The minimum absolute atomic E-state index is 0.565. The van der Waals surface area contributed by atoms with Crippen molar-refractivity contribution in [1.29, 1.82) is 0 Å². The highest BCUT2D eigenvalue weighted by Crippen LogP contribution is 2.33. The van der Waals surface area contributed by atoms with E-state index in [2.05, 4.69) is 56.6 Å². The molecule has 19 heavy (non-hydrogen) atoms. The standard InChI is InChI=1S/C13H16BrN3OS/c1-3-6-15-8-10-4-5-12(11(14)7-10)19-13-17-16-9(2)18-13/h4-5,7,15H,3,6,8H2,1-2H3. The predicted molar refractivity (Wildman–Crippen MR) is 79.3 cm³/mol. The molecule has 6 heteroatoms. The molecule has 2 aromatic rings. The van der Waals surface area contributed by atoms with Crippen LogP contribution in [0.3, 0.4) is 0 Å². The average Bonchev–Trinajstić information content (AvgIpc) is 2.79. The van der Waals surface area contributed by atoms with Crippen molar-refractivity contribution in [2.45, 2.75) is 36.9 Å². The Morgan fingerprint density at radius 1 is 1.37 bits per heavy atom. The van der Waals surface area contributed by atoms with E-state index in [1.165, 1.54) is 17.3 Å². The number of benzene rings is 1. The fourth-order valence-electron chi connectivity index (χ4n) is 1.56. The molecule has 102 valence electrons. The molecule has 0 aliphatic rings. The second-order valence-electron chi connectivity index (χ2n) is 4.13. The SMILES string of the molecule is CCCNCc1ccc(Sc2nnc(C)o2)c(Br)c1. The van der Waals surface area contributed by atoms with Gasteiger partial charge in [-0.2, -0.15) is 0 Å². The quantitative estimate of drug-likeness (QED) is 0.810. The molecule has 0 radical (unpaired) electrons. The van der Waals surface area contributed by atoms with Crippen LogP contribution >= 0.6 is 27.7 Å². The van der Waals surface area contributed by atoms with Crippen LogP contribution in [0.15, 0.2) is 37.2 Å². The van der Waals surface area contributed by atoms with Gasteiger partial charge in [0.2, 0.25) is 5.89 Å². The van der Waals surface area contributed by atoms with E-state index in [1.54, 1.807) is 6.92 Å². The summed E-state index contributed by atoms with van der Waals surface area (Å²) in [6.07, 6.45) is 1.14. The van der Waals surface area contributed by atoms with Gasteiger partial charge in [0.05, 0.1) is 0 Å². The van der Waals surface area contributed by atoms with Crippen LogP contribution < -0.4 is 5.32 Å². The van der Waals surface area contributed by atoms with Gasteiger partial charge in [-0.15, -0.1) is 10.2 Å². The summed E-state index contributed by atoms with van der Waals surface area (Å²) in [4.78, 5) is 1.07. The molecule has 0 amide bonds. The third-order valence-corrected chi connectivity index (χ3v) is 4.29. The number of rotatable bonds is 6. The molecule has 0 aliphatic carbocycles. The Morgan fingerprint density at radius 2 is 2.21 bits per heavy atom. The lowest BCUT2D eigenvalue weighted by molar-refractivity contribution is 0.429. The summed E-state index contributed by atoms with van der Waals surface area (Å²) >= 11 is 5.05. The van der Waals surface area contributed by atoms with Gasteiger partial charge in [0, 0.05) is 22.8 Å². The number of nitrogens with one attached hydrogen (secondary N) is 1. The maximum absolute atomic E-state index is 5.36. The van der Waals surface area contributed by atoms with Crippen molar-refractivity contribution in [2.75, 3.05) is 6.54 Å². The summed E-state index contributed by atoms with van der Waals surface area (Å²) in [5.41, 5.74) is 1.26. The first kappa shape index (κ1) is 14.6. The van der Waals surface area contributed by atoms with Crippen LogP contribution in [0.4, 0.5) is 0 Å². The second kappa shape index (κ2) is 7.07. The van der Waals surface area contributed by atoms with E-state index < -0.39 is 0 Å². The van der Waals surface area contributed by atoms with E-state index >= 15 is 0 Å². The topological polar surface area (TPSA) is 51.0 Å². The minimum atomic E-state index is 0.565. The van der Waals surface area contributed by atoms with Gasteiger partial charge in [-0.25, -0.2) is 0 Å². The Labute approximate surface area is 125 Å². The normalized spacial score (nSPS) is 10.9. The highest BCUT2D eigenvalue weighted by atomic mass is 79.9. The lowest BCUT2D eigenvalue weighted by Gasteiger charge is -2.06. The number of hydrogen-bond donors (Lipinski definition) is 1. The van der Waals surface area contributed by atoms with Gasteiger partial charge in [0.1, 0.15) is 0 Å². The van der Waals surface area contributed by atoms with Crippen LogP contribution in [0.5, 0.6) is 0 Å². The zero-order chi connectivity index (χ0) is 13.7. The first-order valence-electron chi connectivity index (χ1n) is 6.16. The van der Waals surface area contributed by atoms with E-state index in [0.29, 0.717) is 11.1 Å². The van der Waals surface area contributed by atoms with Gasteiger partial charge < -0.3 is 9.73 Å². The number of aryl methyl sites for hydroxylation is 1. The zero-order valence-corrected chi connectivity index (χ0v) is 13.3. The summed E-state index contributed by atoms with van der Waals surface area (Å²) in [7, 11) is 0. The fraction of sp³-hybridized carbons (Fsp3) is 0.385. The zero-order valence-electron chi connectivity index (χ0n) is 10.9. The maximum atomic E-state index is 5.36. The molecule has 0 saturated heterocycles. The summed E-state index contributed by atoms with van der Waals surface area (Å²) in [5, 5.41) is 11.7. The summed E-state index contributed by atoms with van der Waals surface area (Å²) in [5.74, 6) is 0.582. The minimum Gasteiger partial charge on any atom is -0.416 e. The van der Waals surface area contributed by atoms with Crippen molar-refractivity contribution < 1.29 is 4.42 Å². The largest absolute Gasteiger partial charge is 0.416 e. The number of hydrogen-bond acceptors (Lipinski definition) is 5. The Morgan fingerprint density at radius 3 is 2.84 bits per heavy atom. The maximum Gasteiger partial charge on any atom is 0.281 e. The van der Waals surface area contributed by atoms with Crippen LogP contribution in [-0.2, 0) is 6.54 Å². The molecule has 1 N–H and O–H groups in total. The van der Waals surface area contributed by atoms with Crippen molar-refractivity contribution in [2.24, 2.45) is 0 Å². The number of halogens is 1. The molecule has 0 saturated carbocycles. The van der Waals surface area contributed by atoms with E-state index in [0.717, 1.165) is 28.9 Å². The van der Waals surface area contributed by atoms with Gasteiger partial charge in [-0.3, -0.25) is 0 Å². The van der Waals surface area contributed by atoms with E-state index in [4.69, 9.17) is 4.42 Å². The molecule has 1 aromatic heterocycles. The van der Waals surface area contributed by atoms with Crippen molar-refractivity contribution in [3.63, 3.8) is 0 Å². The molecule has 0 aliphatic heterocycles. The molecular weight excluding hydrogens is 326 g/mol. The number of nitrogens with zero attached hydrogens (tertiary/aromatic N) is 2.